The second-order valence-electron chi connectivity index (χ2n) is 4.78. The minimum atomic E-state index is 0.593. The minimum absolute atomic E-state index is 0.593. The minimum Gasteiger partial charge on any atom is -0.326 e. The maximum absolute atomic E-state index is 6.17. The van der Waals surface area contributed by atoms with Crippen LogP contribution < -0.4 is 5.73 Å². The van der Waals surface area contributed by atoms with Crippen molar-refractivity contribution in [1.29, 1.82) is 0 Å². The fraction of sp³-hybridized carbons (Fsp3) is 0.250. The molecule has 0 amide bonds. The normalized spacial score (nSPS) is 10.9. The zero-order chi connectivity index (χ0) is 13.7. The predicted molar refractivity (Wildman–Crippen MR) is 81.0 cm³/mol. The molecule has 3 heteroatoms. The van der Waals surface area contributed by atoms with E-state index >= 15 is 0 Å². The summed E-state index contributed by atoms with van der Waals surface area (Å²) in [4.78, 5) is 2.25. The molecule has 100 valence electrons. The molecule has 2 rings (SSSR count). The van der Waals surface area contributed by atoms with E-state index in [0.29, 0.717) is 6.54 Å². The van der Waals surface area contributed by atoms with Crippen LogP contribution in [0.3, 0.4) is 0 Å². The van der Waals surface area contributed by atoms with E-state index in [4.69, 9.17) is 17.3 Å². The number of hydrogen-bond donors (Lipinski definition) is 1. The van der Waals surface area contributed by atoms with Crippen molar-refractivity contribution in [3.8, 4) is 0 Å². The SMILES string of the molecule is CN(Cc1ccc(CN)cc1)Cc1ccccc1Cl. The van der Waals surface area contributed by atoms with E-state index in [1.807, 2.05) is 18.2 Å². The molecule has 2 N–H and O–H groups in total. The monoisotopic (exact) mass is 274 g/mol. The van der Waals surface area contributed by atoms with Crippen molar-refractivity contribution in [2.24, 2.45) is 5.73 Å². The molecule has 0 atom stereocenters. The molecule has 0 fully saturated rings. The van der Waals surface area contributed by atoms with Crippen LogP contribution in [0.2, 0.25) is 5.02 Å². The van der Waals surface area contributed by atoms with Crippen LogP contribution in [0.25, 0.3) is 0 Å². The van der Waals surface area contributed by atoms with E-state index in [9.17, 15) is 0 Å². The van der Waals surface area contributed by atoms with Crippen LogP contribution >= 0.6 is 11.6 Å². The molecule has 2 aromatic carbocycles. The van der Waals surface area contributed by atoms with Gasteiger partial charge < -0.3 is 5.73 Å². The Balaban J connectivity index is 1.97. The molecule has 0 radical (unpaired) electrons. The zero-order valence-corrected chi connectivity index (χ0v) is 11.9. The van der Waals surface area contributed by atoms with Crippen molar-refractivity contribution in [2.45, 2.75) is 19.6 Å². The lowest BCUT2D eigenvalue weighted by Crippen LogP contribution is -2.17. The van der Waals surface area contributed by atoms with Crippen LogP contribution in [-0.2, 0) is 19.6 Å². The molecule has 0 aliphatic carbocycles. The van der Waals surface area contributed by atoms with Crippen molar-refractivity contribution >= 4 is 11.6 Å². The highest BCUT2D eigenvalue weighted by Crippen LogP contribution is 2.17. The second kappa shape index (κ2) is 6.71. The number of nitrogens with two attached hydrogens (primary N) is 1. The first kappa shape index (κ1) is 14.1. The first-order valence-electron chi connectivity index (χ1n) is 6.39. The molecule has 19 heavy (non-hydrogen) atoms. The van der Waals surface area contributed by atoms with Crippen molar-refractivity contribution < 1.29 is 0 Å². The first-order valence-corrected chi connectivity index (χ1v) is 6.76. The Hall–Kier alpha value is -1.35. The number of nitrogens with zero attached hydrogens (tertiary/aromatic N) is 1. The van der Waals surface area contributed by atoms with E-state index < -0.39 is 0 Å². The third-order valence-electron chi connectivity index (χ3n) is 3.11. The molecule has 0 aromatic heterocycles. The van der Waals surface area contributed by atoms with Gasteiger partial charge in [-0.15, -0.1) is 0 Å². The van der Waals surface area contributed by atoms with E-state index in [1.165, 1.54) is 5.56 Å². The van der Waals surface area contributed by atoms with Gasteiger partial charge in [0.05, 0.1) is 0 Å². The average molecular weight is 275 g/mol. The van der Waals surface area contributed by atoms with Gasteiger partial charge in [0.1, 0.15) is 0 Å². The fourth-order valence-electron chi connectivity index (χ4n) is 2.07. The van der Waals surface area contributed by atoms with Gasteiger partial charge in [-0.1, -0.05) is 54.1 Å². The van der Waals surface area contributed by atoms with Crippen LogP contribution in [0, 0.1) is 0 Å². The predicted octanol–water partition coefficient (Wildman–Crippen LogP) is 3.43. The Morgan fingerprint density at radius 2 is 1.58 bits per heavy atom. The number of halogens is 1. The quantitative estimate of drug-likeness (QED) is 0.905. The molecule has 0 saturated carbocycles. The summed E-state index contributed by atoms with van der Waals surface area (Å²) in [5, 5.41) is 0.827. The molecule has 2 aromatic rings. The van der Waals surface area contributed by atoms with Gasteiger partial charge in [0.2, 0.25) is 0 Å². The first-order chi connectivity index (χ1) is 9.19. The second-order valence-corrected chi connectivity index (χ2v) is 5.19. The van der Waals surface area contributed by atoms with Crippen molar-refractivity contribution in [3.05, 3.63) is 70.2 Å². The van der Waals surface area contributed by atoms with Gasteiger partial charge in [-0.2, -0.15) is 0 Å². The van der Waals surface area contributed by atoms with Crippen LogP contribution in [0.4, 0.5) is 0 Å². The van der Waals surface area contributed by atoms with Gasteiger partial charge in [-0.3, -0.25) is 4.90 Å². The molecular formula is C16H19ClN2. The van der Waals surface area contributed by atoms with Gasteiger partial charge in [-0.25, -0.2) is 0 Å². The summed E-state index contributed by atoms with van der Waals surface area (Å²) in [5.74, 6) is 0. The standard InChI is InChI=1S/C16H19ClN2/c1-19(12-15-4-2-3-5-16(15)17)11-14-8-6-13(10-18)7-9-14/h2-9H,10-12,18H2,1H3. The highest BCUT2D eigenvalue weighted by molar-refractivity contribution is 6.31. The average Bonchev–Trinajstić information content (AvgIpc) is 2.42. The van der Waals surface area contributed by atoms with E-state index in [0.717, 1.165) is 29.2 Å². The summed E-state index contributed by atoms with van der Waals surface area (Å²) in [6.45, 7) is 2.34. The molecule has 2 nitrogen and oxygen atoms in total. The van der Waals surface area contributed by atoms with Crippen molar-refractivity contribution in [1.82, 2.24) is 4.90 Å². The molecule has 0 spiro atoms. The zero-order valence-electron chi connectivity index (χ0n) is 11.1. The molecular weight excluding hydrogens is 256 g/mol. The summed E-state index contributed by atoms with van der Waals surface area (Å²) in [6, 6.07) is 16.4. The smallest absolute Gasteiger partial charge is 0.0451 e. The molecule has 0 heterocycles. The molecule has 0 unspecified atom stereocenters. The van der Waals surface area contributed by atoms with E-state index in [1.54, 1.807) is 0 Å². The summed E-state index contributed by atoms with van der Waals surface area (Å²) in [7, 11) is 2.10. The fourth-order valence-corrected chi connectivity index (χ4v) is 2.26. The maximum Gasteiger partial charge on any atom is 0.0451 e. The summed E-state index contributed by atoms with van der Waals surface area (Å²) < 4.78 is 0. The van der Waals surface area contributed by atoms with Crippen molar-refractivity contribution in [2.75, 3.05) is 7.05 Å². The topological polar surface area (TPSA) is 29.3 Å². The Morgan fingerprint density at radius 1 is 0.947 bits per heavy atom. The van der Waals surface area contributed by atoms with Gasteiger partial charge in [0, 0.05) is 24.7 Å². The largest absolute Gasteiger partial charge is 0.326 e. The van der Waals surface area contributed by atoms with Crippen LogP contribution in [-0.4, -0.2) is 11.9 Å². The third-order valence-corrected chi connectivity index (χ3v) is 3.48. The molecule has 0 aliphatic heterocycles. The van der Waals surface area contributed by atoms with Gasteiger partial charge in [0.25, 0.3) is 0 Å². The Bertz CT molecular complexity index is 523. The lowest BCUT2D eigenvalue weighted by atomic mass is 10.1. The third kappa shape index (κ3) is 4.06. The Labute approximate surface area is 119 Å². The molecule has 0 aliphatic rings. The molecule has 0 saturated heterocycles. The Kier molecular flexibility index (Phi) is 4.97. The van der Waals surface area contributed by atoms with Crippen molar-refractivity contribution in [3.63, 3.8) is 0 Å². The number of rotatable bonds is 5. The van der Waals surface area contributed by atoms with Crippen LogP contribution in [0.15, 0.2) is 48.5 Å². The summed E-state index contributed by atoms with van der Waals surface area (Å²) in [6.07, 6.45) is 0. The van der Waals surface area contributed by atoms with Crippen LogP contribution in [0.1, 0.15) is 16.7 Å². The highest BCUT2D eigenvalue weighted by Gasteiger charge is 2.04. The van der Waals surface area contributed by atoms with E-state index in [-0.39, 0.29) is 0 Å². The van der Waals surface area contributed by atoms with Gasteiger partial charge >= 0.3 is 0 Å². The van der Waals surface area contributed by atoms with Gasteiger partial charge in [0.15, 0.2) is 0 Å². The lowest BCUT2D eigenvalue weighted by Gasteiger charge is -2.17. The summed E-state index contributed by atoms with van der Waals surface area (Å²) in [5.41, 5.74) is 9.20. The molecule has 0 bridgehead atoms. The van der Waals surface area contributed by atoms with Gasteiger partial charge in [-0.05, 0) is 29.8 Å². The highest BCUT2D eigenvalue weighted by atomic mass is 35.5. The number of benzene rings is 2. The van der Waals surface area contributed by atoms with Crippen LogP contribution in [0.5, 0.6) is 0 Å². The number of hydrogen-bond acceptors (Lipinski definition) is 2. The lowest BCUT2D eigenvalue weighted by molar-refractivity contribution is 0.319. The maximum atomic E-state index is 6.17. The summed E-state index contributed by atoms with van der Waals surface area (Å²) >= 11 is 6.17. The van der Waals surface area contributed by atoms with E-state index in [2.05, 4.69) is 42.3 Å². The Morgan fingerprint density at radius 3 is 2.21 bits per heavy atom.